The van der Waals surface area contributed by atoms with Crippen LogP contribution in [0.25, 0.3) is 10.8 Å². The van der Waals surface area contributed by atoms with E-state index in [1.807, 2.05) is 18.3 Å². The predicted octanol–water partition coefficient (Wildman–Crippen LogP) is 5.25. The maximum absolute atomic E-state index is 14.8. The number of aromatic nitrogens is 1. The van der Waals surface area contributed by atoms with Crippen LogP contribution in [0.1, 0.15) is 59.9 Å². The molecule has 3 heteroatoms. The van der Waals surface area contributed by atoms with E-state index in [2.05, 4.69) is 25.1 Å². The van der Waals surface area contributed by atoms with Crippen molar-refractivity contribution in [1.82, 2.24) is 4.57 Å². The third-order valence-corrected chi connectivity index (χ3v) is 5.97. The summed E-state index contributed by atoms with van der Waals surface area (Å²) >= 11 is 0. The first-order valence-electron chi connectivity index (χ1n) is 9.55. The Hall–Kier alpha value is -2.42. The molecule has 0 aliphatic heterocycles. The van der Waals surface area contributed by atoms with Gasteiger partial charge in [0.25, 0.3) is 5.56 Å². The van der Waals surface area contributed by atoms with Crippen molar-refractivity contribution < 1.29 is 4.39 Å². The second-order valence-corrected chi connectivity index (χ2v) is 7.88. The van der Waals surface area contributed by atoms with Gasteiger partial charge in [-0.2, -0.15) is 0 Å². The third-order valence-electron chi connectivity index (χ3n) is 5.97. The lowest BCUT2D eigenvalue weighted by Gasteiger charge is -2.28. The molecule has 2 aromatic carbocycles. The molecule has 26 heavy (non-hydrogen) atoms. The van der Waals surface area contributed by atoms with Crippen LogP contribution in [0.4, 0.5) is 4.39 Å². The van der Waals surface area contributed by atoms with E-state index in [0.29, 0.717) is 5.92 Å². The highest BCUT2D eigenvalue weighted by molar-refractivity contribution is 5.83. The summed E-state index contributed by atoms with van der Waals surface area (Å²) in [4.78, 5) is 13.1. The summed E-state index contributed by atoms with van der Waals surface area (Å²) in [6.07, 6.45) is 7.13. The Kier molecular flexibility index (Phi) is 3.53. The summed E-state index contributed by atoms with van der Waals surface area (Å²) in [6.45, 7) is 2.10. The van der Waals surface area contributed by atoms with Gasteiger partial charge in [-0.1, -0.05) is 29.8 Å². The molecule has 0 amide bonds. The standard InChI is InChI=1S/C23H22FNO/c1-14-5-8-19-16(11-14)3-2-4-21(19)25-10-9-17-12-18(15-6-7-15)13-20(24)22(17)23(25)26/h5,8-13,15,21H,2-4,6-7H2,1H3. The highest BCUT2D eigenvalue weighted by Gasteiger charge is 2.26. The van der Waals surface area contributed by atoms with E-state index in [9.17, 15) is 9.18 Å². The van der Waals surface area contributed by atoms with Crippen LogP contribution in [0, 0.1) is 12.7 Å². The molecule has 1 heterocycles. The largest absolute Gasteiger partial charge is 0.307 e. The fraction of sp³-hybridized carbons (Fsp3) is 0.348. The quantitative estimate of drug-likeness (QED) is 0.620. The summed E-state index contributed by atoms with van der Waals surface area (Å²) in [5.74, 6) is 0.105. The van der Waals surface area contributed by atoms with Crippen LogP contribution in [0.2, 0.25) is 0 Å². The highest BCUT2D eigenvalue weighted by Crippen LogP contribution is 2.41. The van der Waals surface area contributed by atoms with Gasteiger partial charge in [0.1, 0.15) is 5.82 Å². The van der Waals surface area contributed by atoms with Gasteiger partial charge in [-0.3, -0.25) is 4.79 Å². The van der Waals surface area contributed by atoms with E-state index in [1.165, 1.54) is 16.7 Å². The van der Waals surface area contributed by atoms with E-state index < -0.39 is 0 Å². The molecule has 1 fully saturated rings. The number of aryl methyl sites for hydroxylation is 2. The SMILES string of the molecule is Cc1ccc2c(c1)CCCC2n1ccc2cc(C3CC3)cc(F)c2c1=O. The van der Waals surface area contributed by atoms with Crippen molar-refractivity contribution in [3.63, 3.8) is 0 Å². The first-order chi connectivity index (χ1) is 12.6. The summed E-state index contributed by atoms with van der Waals surface area (Å²) in [6, 6.07) is 11.9. The fourth-order valence-corrected chi connectivity index (χ4v) is 4.47. The van der Waals surface area contributed by atoms with Crippen LogP contribution in [0.15, 0.2) is 47.4 Å². The van der Waals surface area contributed by atoms with E-state index in [-0.39, 0.29) is 22.8 Å². The van der Waals surface area contributed by atoms with Gasteiger partial charge in [-0.15, -0.1) is 0 Å². The Morgan fingerprint density at radius 1 is 1.08 bits per heavy atom. The minimum absolute atomic E-state index is 0.00115. The van der Waals surface area contributed by atoms with E-state index >= 15 is 0 Å². The minimum atomic E-state index is -0.372. The average molecular weight is 347 g/mol. The molecule has 132 valence electrons. The lowest BCUT2D eigenvalue weighted by molar-refractivity contribution is 0.479. The van der Waals surface area contributed by atoms with Crippen molar-refractivity contribution in [3.8, 4) is 0 Å². The van der Waals surface area contributed by atoms with Gasteiger partial charge in [-0.05, 0) is 79.2 Å². The van der Waals surface area contributed by atoms with Crippen molar-refractivity contribution in [2.75, 3.05) is 0 Å². The van der Waals surface area contributed by atoms with Gasteiger partial charge in [0.15, 0.2) is 0 Å². The topological polar surface area (TPSA) is 22.0 Å². The molecule has 1 unspecified atom stereocenters. The predicted molar refractivity (Wildman–Crippen MR) is 102 cm³/mol. The second-order valence-electron chi connectivity index (χ2n) is 7.88. The summed E-state index contributed by atoms with van der Waals surface area (Å²) in [7, 11) is 0. The molecular weight excluding hydrogens is 325 g/mol. The molecule has 3 aromatic rings. The zero-order valence-corrected chi connectivity index (χ0v) is 15.0. The van der Waals surface area contributed by atoms with Crippen LogP contribution in [0.5, 0.6) is 0 Å². The number of nitrogens with zero attached hydrogens (tertiary/aromatic N) is 1. The van der Waals surface area contributed by atoms with Crippen molar-refractivity contribution in [3.05, 3.63) is 81.0 Å². The number of rotatable bonds is 2. The van der Waals surface area contributed by atoms with Crippen LogP contribution >= 0.6 is 0 Å². The van der Waals surface area contributed by atoms with Gasteiger partial charge in [0.05, 0.1) is 11.4 Å². The number of halogens is 1. The normalized spacial score (nSPS) is 19.5. The molecule has 2 aliphatic carbocycles. The Balaban J connectivity index is 1.67. The van der Waals surface area contributed by atoms with Crippen LogP contribution in [0.3, 0.4) is 0 Å². The molecule has 0 N–H and O–H groups in total. The van der Waals surface area contributed by atoms with Crippen molar-refractivity contribution >= 4 is 10.8 Å². The maximum Gasteiger partial charge on any atom is 0.261 e. The Morgan fingerprint density at radius 2 is 1.92 bits per heavy atom. The van der Waals surface area contributed by atoms with E-state index in [4.69, 9.17) is 0 Å². The molecule has 2 nitrogen and oxygen atoms in total. The molecule has 0 spiro atoms. The number of hydrogen-bond donors (Lipinski definition) is 0. The first kappa shape index (κ1) is 15.8. The van der Waals surface area contributed by atoms with Gasteiger partial charge < -0.3 is 4.57 Å². The Labute approximate surface area is 152 Å². The van der Waals surface area contributed by atoms with Gasteiger partial charge in [0, 0.05) is 6.20 Å². The zero-order valence-electron chi connectivity index (χ0n) is 15.0. The van der Waals surface area contributed by atoms with E-state index in [1.54, 1.807) is 10.6 Å². The molecule has 1 atom stereocenters. The van der Waals surface area contributed by atoms with Crippen LogP contribution in [-0.4, -0.2) is 4.57 Å². The monoisotopic (exact) mass is 347 g/mol. The molecule has 5 rings (SSSR count). The molecule has 2 aliphatic rings. The molecule has 0 saturated heterocycles. The number of pyridine rings is 1. The summed E-state index contributed by atoms with van der Waals surface area (Å²) in [5.41, 5.74) is 4.59. The van der Waals surface area contributed by atoms with Crippen molar-refractivity contribution in [1.29, 1.82) is 0 Å². The van der Waals surface area contributed by atoms with E-state index in [0.717, 1.165) is 43.1 Å². The third kappa shape index (κ3) is 2.49. The second kappa shape index (κ2) is 5.80. The maximum atomic E-state index is 14.8. The van der Waals surface area contributed by atoms with Crippen molar-refractivity contribution in [2.45, 2.75) is 51.0 Å². The number of hydrogen-bond acceptors (Lipinski definition) is 1. The first-order valence-corrected chi connectivity index (χ1v) is 9.55. The highest BCUT2D eigenvalue weighted by atomic mass is 19.1. The summed E-state index contributed by atoms with van der Waals surface area (Å²) < 4.78 is 16.5. The smallest absolute Gasteiger partial charge is 0.261 e. The van der Waals surface area contributed by atoms with Gasteiger partial charge in [-0.25, -0.2) is 4.39 Å². The fourth-order valence-electron chi connectivity index (χ4n) is 4.47. The molecule has 1 aromatic heterocycles. The average Bonchev–Trinajstić information content (AvgIpc) is 3.46. The number of benzene rings is 2. The van der Waals surface area contributed by atoms with Crippen LogP contribution < -0.4 is 5.56 Å². The Bertz CT molecular complexity index is 1080. The van der Waals surface area contributed by atoms with Crippen LogP contribution in [-0.2, 0) is 6.42 Å². The van der Waals surface area contributed by atoms with Gasteiger partial charge >= 0.3 is 0 Å². The lowest BCUT2D eigenvalue weighted by atomic mass is 9.86. The molecular formula is C23H22FNO. The number of fused-ring (bicyclic) bond motifs is 2. The molecule has 0 bridgehead atoms. The Morgan fingerprint density at radius 3 is 2.73 bits per heavy atom. The summed E-state index contributed by atoms with van der Waals surface area (Å²) in [5, 5.41) is 0.962. The molecule has 0 radical (unpaired) electrons. The molecule has 1 saturated carbocycles. The van der Waals surface area contributed by atoms with Crippen molar-refractivity contribution in [2.24, 2.45) is 0 Å². The van der Waals surface area contributed by atoms with Gasteiger partial charge in [0.2, 0.25) is 0 Å². The minimum Gasteiger partial charge on any atom is -0.307 e. The zero-order chi connectivity index (χ0) is 17.8. The lowest BCUT2D eigenvalue weighted by Crippen LogP contribution is -2.28.